The first-order valence-corrected chi connectivity index (χ1v) is 12.0. The average molecular weight is 406 g/mol. The van der Waals surface area contributed by atoms with E-state index in [0.29, 0.717) is 29.3 Å². The highest BCUT2D eigenvalue weighted by atomic mass is 32.2. The fourth-order valence-corrected chi connectivity index (χ4v) is 6.28. The van der Waals surface area contributed by atoms with Crippen LogP contribution in [0, 0.1) is 5.92 Å². The largest absolute Gasteiger partial charge is 0.352 e. The van der Waals surface area contributed by atoms with Gasteiger partial charge in [-0.3, -0.25) is 9.59 Å². The average Bonchev–Trinajstić information content (AvgIpc) is 3.02. The molecule has 2 aliphatic rings. The van der Waals surface area contributed by atoms with E-state index in [9.17, 15) is 9.59 Å². The minimum atomic E-state index is -0.0181. The number of aryl methyl sites for hydroxylation is 2. The highest BCUT2D eigenvalue weighted by Gasteiger charge is 2.23. The lowest BCUT2D eigenvalue weighted by atomic mass is 9.86. The number of fused-ring (bicyclic) bond motifs is 3. The van der Waals surface area contributed by atoms with Crippen LogP contribution in [-0.2, 0) is 23.4 Å². The maximum atomic E-state index is 12.6. The van der Waals surface area contributed by atoms with Crippen molar-refractivity contribution < 1.29 is 4.79 Å². The summed E-state index contributed by atoms with van der Waals surface area (Å²) in [7, 11) is 0. The first kappa shape index (κ1) is 19.0. The zero-order chi connectivity index (χ0) is 18.8. The van der Waals surface area contributed by atoms with Gasteiger partial charge in [0.2, 0.25) is 5.91 Å². The minimum Gasteiger partial charge on any atom is -0.352 e. The smallest absolute Gasteiger partial charge is 0.259 e. The Morgan fingerprint density at radius 3 is 2.93 bits per heavy atom. The maximum absolute atomic E-state index is 12.6. The van der Waals surface area contributed by atoms with Crippen molar-refractivity contribution in [3.05, 3.63) is 26.6 Å². The molecule has 1 saturated carbocycles. The number of amides is 1. The number of carbonyl (C=O) groups excluding carboxylic acids is 1. The molecule has 5 nitrogen and oxygen atoms in total. The monoisotopic (exact) mass is 405 g/mol. The zero-order valence-electron chi connectivity index (χ0n) is 15.8. The van der Waals surface area contributed by atoms with Crippen LogP contribution in [0.2, 0.25) is 0 Å². The molecular formula is C20H27N3O2S2. The fraction of sp³-hybridized carbons (Fsp3) is 0.650. The molecule has 0 spiro atoms. The number of aromatic nitrogens is 2. The predicted octanol–water partition coefficient (Wildman–Crippen LogP) is 3.79. The molecule has 0 saturated heterocycles. The summed E-state index contributed by atoms with van der Waals surface area (Å²) in [6.07, 6.45) is 9.20. The second-order valence-corrected chi connectivity index (χ2v) is 9.90. The van der Waals surface area contributed by atoms with E-state index in [2.05, 4.69) is 22.2 Å². The fourth-order valence-electron chi connectivity index (χ4n) is 4.30. The Kier molecular flexibility index (Phi) is 5.88. The molecule has 2 atom stereocenters. The highest BCUT2D eigenvalue weighted by Crippen LogP contribution is 2.33. The SMILES string of the molecule is C[C@@H]1CCCC[C@H]1NC(=O)CSCc1nc2sc3c(c2c(=O)[nH]1)CCCC3. The van der Waals surface area contributed by atoms with Gasteiger partial charge in [-0.15, -0.1) is 23.1 Å². The Morgan fingerprint density at radius 1 is 1.26 bits per heavy atom. The molecule has 146 valence electrons. The molecule has 0 unspecified atom stereocenters. The van der Waals surface area contributed by atoms with Crippen molar-refractivity contribution in [1.82, 2.24) is 15.3 Å². The lowest BCUT2D eigenvalue weighted by Crippen LogP contribution is -2.41. The first-order valence-electron chi connectivity index (χ1n) is 10.0. The van der Waals surface area contributed by atoms with Crippen molar-refractivity contribution in [2.24, 2.45) is 5.92 Å². The molecule has 1 fully saturated rings. The lowest BCUT2D eigenvalue weighted by molar-refractivity contribution is -0.119. The minimum absolute atomic E-state index is 0.0181. The third-order valence-corrected chi connectivity index (χ3v) is 7.93. The molecule has 2 aromatic heterocycles. The number of rotatable bonds is 5. The van der Waals surface area contributed by atoms with E-state index in [4.69, 9.17) is 0 Å². The van der Waals surface area contributed by atoms with Gasteiger partial charge in [0.15, 0.2) is 0 Å². The Hall–Kier alpha value is -1.34. The van der Waals surface area contributed by atoms with Gasteiger partial charge in [-0.05, 0) is 50.0 Å². The van der Waals surface area contributed by atoms with Crippen molar-refractivity contribution >= 4 is 39.2 Å². The van der Waals surface area contributed by atoms with Gasteiger partial charge in [0.1, 0.15) is 10.7 Å². The molecule has 27 heavy (non-hydrogen) atoms. The summed E-state index contributed by atoms with van der Waals surface area (Å²) in [6, 6.07) is 0.318. The number of thiophene rings is 1. The van der Waals surface area contributed by atoms with Crippen LogP contribution in [0.1, 0.15) is 61.7 Å². The third-order valence-electron chi connectivity index (χ3n) is 5.80. The summed E-state index contributed by atoms with van der Waals surface area (Å²) in [5.74, 6) is 2.30. The first-order chi connectivity index (χ1) is 13.1. The number of hydrogen-bond acceptors (Lipinski definition) is 5. The van der Waals surface area contributed by atoms with Gasteiger partial charge in [0, 0.05) is 10.9 Å². The zero-order valence-corrected chi connectivity index (χ0v) is 17.4. The molecule has 4 rings (SSSR count). The molecule has 2 aliphatic carbocycles. The Balaban J connectivity index is 1.36. The van der Waals surface area contributed by atoms with Crippen LogP contribution in [-0.4, -0.2) is 27.7 Å². The Labute approximate surface area is 167 Å². The van der Waals surface area contributed by atoms with E-state index in [1.54, 1.807) is 11.3 Å². The van der Waals surface area contributed by atoms with Gasteiger partial charge in [-0.2, -0.15) is 0 Å². The van der Waals surface area contributed by atoms with Crippen LogP contribution in [0.15, 0.2) is 4.79 Å². The summed E-state index contributed by atoms with van der Waals surface area (Å²) in [5.41, 5.74) is 1.20. The molecule has 0 aliphatic heterocycles. The standard InChI is InChI=1S/C20H27N3O2S2/c1-12-6-2-4-8-14(12)21-17(24)11-26-10-16-22-19(25)18-13-7-3-5-9-15(13)27-20(18)23-16/h12,14H,2-11H2,1H3,(H,21,24)(H,22,23,25)/t12-,14-/m1/s1. The van der Waals surface area contributed by atoms with Gasteiger partial charge in [0.25, 0.3) is 5.56 Å². The molecule has 2 aromatic rings. The summed E-state index contributed by atoms with van der Waals surface area (Å²) in [5, 5.41) is 3.98. The number of H-pyrrole nitrogens is 1. The summed E-state index contributed by atoms with van der Waals surface area (Å²) in [4.78, 5) is 34.6. The van der Waals surface area contributed by atoms with E-state index in [1.165, 1.54) is 47.9 Å². The van der Waals surface area contributed by atoms with Crippen LogP contribution < -0.4 is 10.9 Å². The van der Waals surface area contributed by atoms with E-state index in [-0.39, 0.29) is 11.5 Å². The van der Waals surface area contributed by atoms with Gasteiger partial charge in [0.05, 0.1) is 16.9 Å². The number of hydrogen-bond donors (Lipinski definition) is 2. The molecule has 0 radical (unpaired) electrons. The lowest BCUT2D eigenvalue weighted by Gasteiger charge is -2.29. The summed E-state index contributed by atoms with van der Waals surface area (Å²) in [6.45, 7) is 2.22. The number of carbonyl (C=O) groups is 1. The molecule has 2 N–H and O–H groups in total. The van der Waals surface area contributed by atoms with Crippen molar-refractivity contribution in [1.29, 1.82) is 0 Å². The Bertz CT molecular complexity index is 889. The number of nitrogens with one attached hydrogen (secondary N) is 2. The topological polar surface area (TPSA) is 74.8 Å². The molecule has 7 heteroatoms. The van der Waals surface area contributed by atoms with Crippen molar-refractivity contribution in [2.45, 2.75) is 70.1 Å². The highest BCUT2D eigenvalue weighted by molar-refractivity contribution is 7.99. The van der Waals surface area contributed by atoms with Crippen LogP contribution in [0.5, 0.6) is 0 Å². The van der Waals surface area contributed by atoms with Gasteiger partial charge >= 0.3 is 0 Å². The van der Waals surface area contributed by atoms with E-state index < -0.39 is 0 Å². The number of nitrogens with zero attached hydrogens (tertiary/aromatic N) is 1. The van der Waals surface area contributed by atoms with Gasteiger partial charge in [-0.25, -0.2) is 4.98 Å². The third kappa shape index (κ3) is 4.24. The molecular weight excluding hydrogens is 378 g/mol. The van der Waals surface area contributed by atoms with E-state index in [0.717, 1.165) is 35.9 Å². The van der Waals surface area contributed by atoms with E-state index >= 15 is 0 Å². The van der Waals surface area contributed by atoms with Gasteiger partial charge < -0.3 is 10.3 Å². The van der Waals surface area contributed by atoms with Crippen molar-refractivity contribution in [3.63, 3.8) is 0 Å². The van der Waals surface area contributed by atoms with Crippen LogP contribution >= 0.6 is 23.1 Å². The van der Waals surface area contributed by atoms with Gasteiger partial charge in [-0.1, -0.05) is 19.8 Å². The second kappa shape index (κ2) is 8.35. The molecule has 0 aromatic carbocycles. The van der Waals surface area contributed by atoms with E-state index in [1.807, 2.05) is 0 Å². The maximum Gasteiger partial charge on any atom is 0.259 e. The second-order valence-electron chi connectivity index (χ2n) is 7.83. The predicted molar refractivity (Wildman–Crippen MR) is 113 cm³/mol. The van der Waals surface area contributed by atoms with Crippen LogP contribution in [0.25, 0.3) is 10.2 Å². The van der Waals surface area contributed by atoms with Crippen molar-refractivity contribution in [3.8, 4) is 0 Å². The molecule has 1 amide bonds. The molecule has 0 bridgehead atoms. The normalized spacial score (nSPS) is 22.6. The number of thioether (sulfide) groups is 1. The van der Waals surface area contributed by atoms with Crippen molar-refractivity contribution in [2.75, 3.05) is 5.75 Å². The van der Waals surface area contributed by atoms with Crippen LogP contribution in [0.4, 0.5) is 0 Å². The summed E-state index contributed by atoms with van der Waals surface area (Å²) >= 11 is 3.19. The van der Waals surface area contributed by atoms with Crippen LogP contribution in [0.3, 0.4) is 0 Å². The number of aromatic amines is 1. The summed E-state index contributed by atoms with van der Waals surface area (Å²) < 4.78 is 0. The Morgan fingerprint density at radius 2 is 2.07 bits per heavy atom. The molecule has 2 heterocycles. The quantitative estimate of drug-likeness (QED) is 0.794.